The molecular weight excluding hydrogens is 233 g/mol. The maximum Gasteiger partial charge on any atom is 0.390 e. The number of rotatable bonds is 3. The maximum atomic E-state index is 12.0. The average Bonchev–Trinajstić information content (AvgIpc) is 2.23. The molecule has 0 fully saturated rings. The average molecular weight is 244 g/mol. The van der Waals surface area contributed by atoms with Gasteiger partial charge in [0.1, 0.15) is 11.8 Å². The minimum Gasteiger partial charge on any atom is -0.344 e. The summed E-state index contributed by atoms with van der Waals surface area (Å²) in [5, 5.41) is 8.69. The van der Waals surface area contributed by atoms with Crippen LogP contribution in [0.3, 0.4) is 0 Å². The van der Waals surface area contributed by atoms with Gasteiger partial charge in [0.05, 0.1) is 6.42 Å². The molecule has 0 saturated heterocycles. The number of nitrogens with zero attached hydrogens (tertiary/aromatic N) is 4. The standard InChI is InChI=1S/C10H11F3N4/c1-7-5-8(6-14)16-9(15-7)17(2)4-3-10(11,12)13/h5H,3-4H2,1-2H3. The van der Waals surface area contributed by atoms with Gasteiger partial charge in [-0.15, -0.1) is 0 Å². The zero-order valence-electron chi connectivity index (χ0n) is 9.41. The highest BCUT2D eigenvalue weighted by Gasteiger charge is 2.27. The molecule has 1 heterocycles. The second-order valence-corrected chi connectivity index (χ2v) is 3.59. The van der Waals surface area contributed by atoms with E-state index in [-0.39, 0.29) is 18.2 Å². The smallest absolute Gasteiger partial charge is 0.344 e. The molecule has 0 aliphatic rings. The molecule has 1 aromatic heterocycles. The highest BCUT2D eigenvalue weighted by molar-refractivity contribution is 5.34. The number of nitriles is 1. The van der Waals surface area contributed by atoms with Crippen LogP contribution in [0.4, 0.5) is 19.1 Å². The largest absolute Gasteiger partial charge is 0.390 e. The SMILES string of the molecule is Cc1cc(C#N)nc(N(C)CCC(F)(F)F)n1. The Kier molecular flexibility index (Phi) is 3.89. The van der Waals surface area contributed by atoms with Gasteiger partial charge in [-0.1, -0.05) is 0 Å². The Balaban J connectivity index is 2.79. The lowest BCUT2D eigenvalue weighted by Crippen LogP contribution is -2.26. The van der Waals surface area contributed by atoms with E-state index in [4.69, 9.17) is 5.26 Å². The summed E-state index contributed by atoms with van der Waals surface area (Å²) in [5.74, 6) is 0.130. The number of alkyl halides is 3. The Morgan fingerprint density at radius 1 is 1.41 bits per heavy atom. The van der Waals surface area contributed by atoms with Crippen LogP contribution in [0.25, 0.3) is 0 Å². The summed E-state index contributed by atoms with van der Waals surface area (Å²) < 4.78 is 36.1. The number of aryl methyl sites for hydroxylation is 1. The summed E-state index contributed by atoms with van der Waals surface area (Å²) in [6.07, 6.45) is -5.15. The van der Waals surface area contributed by atoms with Crippen LogP contribution in [0.2, 0.25) is 0 Å². The van der Waals surface area contributed by atoms with Crippen molar-refractivity contribution in [2.24, 2.45) is 0 Å². The van der Waals surface area contributed by atoms with E-state index >= 15 is 0 Å². The van der Waals surface area contributed by atoms with Gasteiger partial charge in [-0.3, -0.25) is 0 Å². The summed E-state index contributed by atoms with van der Waals surface area (Å²) in [7, 11) is 1.46. The Morgan fingerprint density at radius 2 is 2.06 bits per heavy atom. The first-order valence-electron chi connectivity index (χ1n) is 4.85. The van der Waals surface area contributed by atoms with Crippen molar-refractivity contribution in [2.45, 2.75) is 19.5 Å². The van der Waals surface area contributed by atoms with E-state index < -0.39 is 12.6 Å². The first kappa shape index (κ1) is 13.2. The maximum absolute atomic E-state index is 12.0. The molecule has 7 heteroatoms. The summed E-state index contributed by atoms with van der Waals surface area (Å²) in [6.45, 7) is 1.42. The molecule has 92 valence electrons. The van der Waals surface area contributed by atoms with Crippen LogP contribution < -0.4 is 4.90 Å². The van der Waals surface area contributed by atoms with Gasteiger partial charge in [-0.05, 0) is 13.0 Å². The molecule has 1 rings (SSSR count). The molecule has 0 atom stereocenters. The van der Waals surface area contributed by atoms with Crippen LogP contribution in [0.1, 0.15) is 17.8 Å². The first-order valence-corrected chi connectivity index (χ1v) is 4.85. The van der Waals surface area contributed by atoms with E-state index in [0.29, 0.717) is 5.69 Å². The fourth-order valence-corrected chi connectivity index (χ4v) is 1.18. The lowest BCUT2D eigenvalue weighted by Gasteiger charge is -2.18. The zero-order valence-corrected chi connectivity index (χ0v) is 9.41. The van der Waals surface area contributed by atoms with Crippen molar-refractivity contribution in [3.8, 4) is 6.07 Å². The number of halogens is 3. The predicted octanol–water partition coefficient (Wildman–Crippen LogP) is 2.05. The highest BCUT2D eigenvalue weighted by Crippen LogP contribution is 2.20. The number of anilines is 1. The number of hydrogen-bond acceptors (Lipinski definition) is 4. The van der Waals surface area contributed by atoms with Gasteiger partial charge >= 0.3 is 6.18 Å². The van der Waals surface area contributed by atoms with Gasteiger partial charge < -0.3 is 4.90 Å². The molecule has 0 unspecified atom stereocenters. The van der Waals surface area contributed by atoms with Crippen molar-refractivity contribution in [1.82, 2.24) is 9.97 Å². The molecule has 0 aliphatic carbocycles. The molecule has 0 N–H and O–H groups in total. The second-order valence-electron chi connectivity index (χ2n) is 3.59. The molecule has 0 radical (unpaired) electrons. The monoisotopic (exact) mass is 244 g/mol. The van der Waals surface area contributed by atoms with Gasteiger partial charge in [-0.2, -0.15) is 18.4 Å². The van der Waals surface area contributed by atoms with Crippen LogP contribution in [-0.2, 0) is 0 Å². The number of hydrogen-bond donors (Lipinski definition) is 0. The molecule has 0 saturated carbocycles. The predicted molar refractivity (Wildman–Crippen MR) is 55.4 cm³/mol. The fourth-order valence-electron chi connectivity index (χ4n) is 1.18. The van der Waals surface area contributed by atoms with Crippen molar-refractivity contribution < 1.29 is 13.2 Å². The van der Waals surface area contributed by atoms with Gasteiger partial charge in [0.15, 0.2) is 0 Å². The topological polar surface area (TPSA) is 52.8 Å². The molecular formula is C10H11F3N4. The Bertz CT molecular complexity index is 436. The van der Waals surface area contributed by atoms with Crippen LogP contribution in [0, 0.1) is 18.3 Å². The summed E-state index contributed by atoms with van der Waals surface area (Å²) >= 11 is 0. The van der Waals surface area contributed by atoms with E-state index in [1.54, 1.807) is 6.92 Å². The highest BCUT2D eigenvalue weighted by atomic mass is 19.4. The number of aromatic nitrogens is 2. The molecule has 17 heavy (non-hydrogen) atoms. The van der Waals surface area contributed by atoms with E-state index in [1.165, 1.54) is 18.0 Å². The third-order valence-corrected chi connectivity index (χ3v) is 2.03. The van der Waals surface area contributed by atoms with Gasteiger partial charge in [0.2, 0.25) is 5.95 Å². The van der Waals surface area contributed by atoms with Crippen molar-refractivity contribution in [2.75, 3.05) is 18.5 Å². The van der Waals surface area contributed by atoms with E-state index in [0.717, 1.165) is 0 Å². The minimum atomic E-state index is -4.21. The van der Waals surface area contributed by atoms with Crippen molar-refractivity contribution in [3.63, 3.8) is 0 Å². The normalized spacial score (nSPS) is 11.1. The zero-order chi connectivity index (χ0) is 13.1. The molecule has 4 nitrogen and oxygen atoms in total. The summed E-state index contributed by atoms with van der Waals surface area (Å²) in [6, 6.07) is 3.31. The third kappa shape index (κ3) is 4.26. The Morgan fingerprint density at radius 3 is 2.59 bits per heavy atom. The summed E-state index contributed by atoms with van der Waals surface area (Å²) in [4.78, 5) is 9.10. The van der Waals surface area contributed by atoms with Crippen LogP contribution in [-0.4, -0.2) is 29.7 Å². The lowest BCUT2D eigenvalue weighted by molar-refractivity contribution is -0.132. The molecule has 0 amide bonds. The van der Waals surface area contributed by atoms with Crippen molar-refractivity contribution in [1.29, 1.82) is 5.26 Å². The van der Waals surface area contributed by atoms with Gasteiger partial charge in [0.25, 0.3) is 0 Å². The van der Waals surface area contributed by atoms with E-state index in [1.807, 2.05) is 6.07 Å². The fraction of sp³-hybridized carbons (Fsp3) is 0.500. The van der Waals surface area contributed by atoms with Crippen molar-refractivity contribution >= 4 is 5.95 Å². The third-order valence-electron chi connectivity index (χ3n) is 2.03. The summed E-state index contributed by atoms with van der Waals surface area (Å²) in [5.41, 5.74) is 0.691. The molecule has 0 bridgehead atoms. The first-order chi connectivity index (χ1) is 7.81. The minimum absolute atomic E-state index is 0.130. The molecule has 0 spiro atoms. The van der Waals surface area contributed by atoms with E-state index in [2.05, 4.69) is 9.97 Å². The Labute approximate surface area is 96.7 Å². The van der Waals surface area contributed by atoms with Crippen LogP contribution in [0.15, 0.2) is 6.07 Å². The molecule has 0 aliphatic heterocycles. The van der Waals surface area contributed by atoms with Crippen LogP contribution >= 0.6 is 0 Å². The lowest BCUT2D eigenvalue weighted by atomic mass is 10.3. The molecule has 0 aromatic carbocycles. The Hall–Kier alpha value is -1.84. The van der Waals surface area contributed by atoms with E-state index in [9.17, 15) is 13.2 Å². The molecule has 1 aromatic rings. The quantitative estimate of drug-likeness (QED) is 0.816. The van der Waals surface area contributed by atoms with Crippen molar-refractivity contribution in [3.05, 3.63) is 17.5 Å². The second kappa shape index (κ2) is 4.99. The van der Waals surface area contributed by atoms with Gasteiger partial charge in [-0.25, -0.2) is 9.97 Å². The van der Waals surface area contributed by atoms with Crippen LogP contribution in [0.5, 0.6) is 0 Å². The van der Waals surface area contributed by atoms with Gasteiger partial charge in [0, 0.05) is 19.3 Å².